The van der Waals surface area contributed by atoms with Crippen LogP contribution in [0.15, 0.2) is 35.8 Å². The van der Waals surface area contributed by atoms with Crippen molar-refractivity contribution < 1.29 is 8.42 Å². The van der Waals surface area contributed by atoms with Gasteiger partial charge in [0, 0.05) is 6.26 Å². The van der Waals surface area contributed by atoms with E-state index in [4.69, 9.17) is 0 Å². The van der Waals surface area contributed by atoms with E-state index in [1.165, 1.54) is 24.5 Å². The molecule has 0 radical (unpaired) electrons. The summed E-state index contributed by atoms with van der Waals surface area (Å²) >= 11 is 0. The Morgan fingerprint density at radius 1 is 1.45 bits per heavy atom. The van der Waals surface area contributed by atoms with Crippen molar-refractivity contribution in [2.45, 2.75) is 6.92 Å². The molecular weight excluding hydrogens is 160 g/mol. The van der Waals surface area contributed by atoms with E-state index in [1.807, 2.05) is 0 Å². The van der Waals surface area contributed by atoms with Crippen LogP contribution in [0, 0.1) is 0 Å². The first-order valence-corrected chi connectivity index (χ1v) is 5.07. The van der Waals surface area contributed by atoms with Crippen molar-refractivity contribution >= 4 is 9.84 Å². The Balaban J connectivity index is 4.93. The third-order valence-corrected chi connectivity index (χ3v) is 2.17. The third-order valence-electron chi connectivity index (χ3n) is 1.04. The molecule has 0 amide bonds. The molecule has 0 aromatic rings. The highest BCUT2D eigenvalue weighted by Gasteiger charge is 2.04. The Morgan fingerprint density at radius 3 is 2.27 bits per heavy atom. The normalized spacial score (nSPS) is 13.8. The monoisotopic (exact) mass is 172 g/mol. The molecule has 62 valence electrons. The molecule has 0 heterocycles. The van der Waals surface area contributed by atoms with Crippen molar-refractivity contribution in [1.82, 2.24) is 0 Å². The van der Waals surface area contributed by atoms with Crippen molar-refractivity contribution in [2.75, 3.05) is 6.26 Å². The van der Waals surface area contributed by atoms with Crippen molar-refractivity contribution in [3.63, 3.8) is 0 Å². The summed E-state index contributed by atoms with van der Waals surface area (Å²) in [5, 5.41) is 0. The van der Waals surface area contributed by atoms with Gasteiger partial charge in [-0.15, -0.1) is 0 Å². The average molecular weight is 172 g/mol. The van der Waals surface area contributed by atoms with E-state index in [-0.39, 0.29) is 4.91 Å². The van der Waals surface area contributed by atoms with Crippen LogP contribution in [-0.4, -0.2) is 14.7 Å². The Hall–Kier alpha value is -0.830. The van der Waals surface area contributed by atoms with Crippen LogP contribution < -0.4 is 0 Å². The minimum absolute atomic E-state index is 0.287. The summed E-state index contributed by atoms with van der Waals surface area (Å²) < 4.78 is 21.9. The fourth-order valence-electron chi connectivity index (χ4n) is 0.583. The number of hydrogen-bond acceptors (Lipinski definition) is 2. The van der Waals surface area contributed by atoms with Gasteiger partial charge in [0.1, 0.15) is 0 Å². The maximum Gasteiger partial charge on any atom is 0.175 e. The predicted molar refractivity (Wildman–Crippen MR) is 47.9 cm³/mol. The van der Waals surface area contributed by atoms with Gasteiger partial charge < -0.3 is 0 Å². The van der Waals surface area contributed by atoms with E-state index in [1.54, 1.807) is 13.0 Å². The quantitative estimate of drug-likeness (QED) is 0.607. The van der Waals surface area contributed by atoms with E-state index in [0.29, 0.717) is 0 Å². The molecule has 0 rings (SSSR count). The summed E-state index contributed by atoms with van der Waals surface area (Å²) in [6.45, 7) is 5.19. The van der Waals surface area contributed by atoms with Gasteiger partial charge >= 0.3 is 0 Å². The zero-order valence-corrected chi connectivity index (χ0v) is 7.56. The highest BCUT2D eigenvalue weighted by Crippen LogP contribution is 2.05. The van der Waals surface area contributed by atoms with Gasteiger partial charge in [-0.05, 0) is 19.1 Å². The van der Waals surface area contributed by atoms with Crippen LogP contribution in [0.5, 0.6) is 0 Å². The summed E-state index contributed by atoms with van der Waals surface area (Å²) in [5.41, 5.74) is 0. The SMILES string of the molecule is C=C/C=C(\C=C/C)S(C)(=O)=O. The smallest absolute Gasteiger partial charge is 0.175 e. The van der Waals surface area contributed by atoms with Gasteiger partial charge in [-0.1, -0.05) is 18.7 Å². The van der Waals surface area contributed by atoms with Gasteiger partial charge in [0.05, 0.1) is 4.91 Å². The van der Waals surface area contributed by atoms with Gasteiger partial charge in [0.15, 0.2) is 9.84 Å². The van der Waals surface area contributed by atoms with Crippen LogP contribution >= 0.6 is 0 Å². The Morgan fingerprint density at radius 2 is 2.00 bits per heavy atom. The molecule has 0 aliphatic carbocycles. The summed E-state index contributed by atoms with van der Waals surface area (Å²) in [5.74, 6) is 0. The highest BCUT2D eigenvalue weighted by molar-refractivity contribution is 7.94. The van der Waals surface area contributed by atoms with E-state index < -0.39 is 9.84 Å². The first-order chi connectivity index (χ1) is 5.02. The molecule has 0 unspecified atom stereocenters. The molecule has 0 bridgehead atoms. The Kier molecular flexibility index (Phi) is 3.82. The molecule has 0 N–H and O–H groups in total. The average Bonchev–Trinajstić information content (AvgIpc) is 1.85. The lowest BCUT2D eigenvalue weighted by atomic mass is 10.4. The lowest BCUT2D eigenvalue weighted by Crippen LogP contribution is -1.97. The fraction of sp³-hybridized carbons (Fsp3) is 0.250. The van der Waals surface area contributed by atoms with E-state index in [2.05, 4.69) is 6.58 Å². The second-order valence-corrected chi connectivity index (χ2v) is 4.09. The van der Waals surface area contributed by atoms with E-state index in [9.17, 15) is 8.42 Å². The minimum Gasteiger partial charge on any atom is -0.224 e. The molecule has 0 fully saturated rings. The third kappa shape index (κ3) is 3.78. The molecule has 2 nitrogen and oxygen atoms in total. The maximum atomic E-state index is 10.9. The molecule has 0 aliphatic heterocycles. The number of allylic oxidation sites excluding steroid dienone is 4. The van der Waals surface area contributed by atoms with Gasteiger partial charge in [-0.25, -0.2) is 8.42 Å². The van der Waals surface area contributed by atoms with Crippen LogP contribution in [0.1, 0.15) is 6.92 Å². The zero-order valence-electron chi connectivity index (χ0n) is 6.74. The predicted octanol–water partition coefficient (Wildman–Crippen LogP) is 1.68. The van der Waals surface area contributed by atoms with Crippen LogP contribution in [-0.2, 0) is 9.84 Å². The minimum atomic E-state index is -3.09. The van der Waals surface area contributed by atoms with Gasteiger partial charge in [0.2, 0.25) is 0 Å². The fourth-order valence-corrected chi connectivity index (χ4v) is 1.31. The second kappa shape index (κ2) is 4.13. The van der Waals surface area contributed by atoms with Crippen molar-refractivity contribution in [1.29, 1.82) is 0 Å². The van der Waals surface area contributed by atoms with Crippen LogP contribution in [0.3, 0.4) is 0 Å². The molecule has 0 atom stereocenters. The molecule has 0 saturated carbocycles. The Labute approximate surface area is 67.9 Å². The first kappa shape index (κ1) is 10.2. The number of sulfone groups is 1. The van der Waals surface area contributed by atoms with Crippen LogP contribution in [0.4, 0.5) is 0 Å². The van der Waals surface area contributed by atoms with Gasteiger partial charge in [0.25, 0.3) is 0 Å². The second-order valence-electron chi connectivity index (χ2n) is 2.08. The van der Waals surface area contributed by atoms with Crippen LogP contribution in [0.25, 0.3) is 0 Å². The largest absolute Gasteiger partial charge is 0.224 e. The molecule has 0 aromatic carbocycles. The lowest BCUT2D eigenvalue weighted by molar-refractivity contribution is 0.608. The molecule has 11 heavy (non-hydrogen) atoms. The summed E-state index contributed by atoms with van der Waals surface area (Å²) in [6, 6.07) is 0. The first-order valence-electron chi connectivity index (χ1n) is 3.18. The standard InChI is InChI=1S/C8H12O2S/c1-4-6-8(7-5-2)11(3,9)10/h4-7H,1H2,2-3H3/b7-5-,8-6+. The molecule has 0 aliphatic rings. The lowest BCUT2D eigenvalue weighted by Gasteiger charge is -1.94. The topological polar surface area (TPSA) is 34.1 Å². The van der Waals surface area contributed by atoms with Gasteiger partial charge in [-0.3, -0.25) is 0 Å². The number of hydrogen-bond donors (Lipinski definition) is 0. The number of rotatable bonds is 3. The molecule has 0 aromatic heterocycles. The molecule has 0 spiro atoms. The molecular formula is C8H12O2S. The van der Waals surface area contributed by atoms with E-state index in [0.717, 1.165) is 0 Å². The van der Waals surface area contributed by atoms with Crippen molar-refractivity contribution in [3.05, 3.63) is 35.8 Å². The summed E-state index contributed by atoms with van der Waals surface area (Å²) in [7, 11) is -3.09. The van der Waals surface area contributed by atoms with Crippen molar-refractivity contribution in [2.24, 2.45) is 0 Å². The maximum absolute atomic E-state index is 10.9. The van der Waals surface area contributed by atoms with Crippen LogP contribution in [0.2, 0.25) is 0 Å². The van der Waals surface area contributed by atoms with E-state index >= 15 is 0 Å². The summed E-state index contributed by atoms with van der Waals surface area (Å²) in [6.07, 6.45) is 7.31. The summed E-state index contributed by atoms with van der Waals surface area (Å²) in [4.78, 5) is 0.287. The molecule has 3 heteroatoms. The zero-order chi connectivity index (χ0) is 8.91. The molecule has 0 saturated heterocycles. The Bertz CT molecular complexity index is 281. The van der Waals surface area contributed by atoms with Gasteiger partial charge in [-0.2, -0.15) is 0 Å². The van der Waals surface area contributed by atoms with Crippen molar-refractivity contribution in [3.8, 4) is 0 Å². The highest BCUT2D eigenvalue weighted by atomic mass is 32.2.